The first-order valence-corrected chi connectivity index (χ1v) is 8.29. The molecular weight excluding hydrogens is 319 g/mol. The van der Waals surface area contributed by atoms with Crippen LogP contribution in [0, 0.1) is 10.1 Å². The topological polar surface area (TPSA) is 55.2 Å². The van der Waals surface area contributed by atoms with E-state index in [1.165, 1.54) is 12.1 Å². The lowest BCUT2D eigenvalue weighted by Gasteiger charge is -2.30. The molecule has 1 N–H and O–H groups in total. The second-order valence-electron chi connectivity index (χ2n) is 4.49. The minimum Gasteiger partial charge on any atom is -0.381 e. The fourth-order valence-electron chi connectivity index (χ4n) is 1.94. The molecule has 0 fully saturated rings. The van der Waals surface area contributed by atoms with Gasteiger partial charge < -0.3 is 5.32 Å². The molecule has 7 heteroatoms. The summed E-state index contributed by atoms with van der Waals surface area (Å²) in [6.45, 7) is 4.99. The van der Waals surface area contributed by atoms with Crippen molar-refractivity contribution in [1.29, 1.82) is 0 Å². The van der Waals surface area contributed by atoms with Crippen LogP contribution >= 0.6 is 35.0 Å². The molecule has 0 heterocycles. The number of benzene rings is 1. The number of nitro benzene ring substituents is 1. The van der Waals surface area contributed by atoms with Crippen molar-refractivity contribution in [3.05, 3.63) is 32.3 Å². The zero-order valence-electron chi connectivity index (χ0n) is 11.7. The molecule has 1 aromatic rings. The quantitative estimate of drug-likeness (QED) is 0.546. The average molecular weight is 337 g/mol. The normalized spacial score (nSPS) is 11.4. The van der Waals surface area contributed by atoms with Crippen LogP contribution in [0.3, 0.4) is 0 Å². The minimum absolute atomic E-state index is 0.104. The van der Waals surface area contributed by atoms with Crippen molar-refractivity contribution in [1.82, 2.24) is 0 Å². The monoisotopic (exact) mass is 336 g/mol. The van der Waals surface area contributed by atoms with E-state index in [0.29, 0.717) is 12.2 Å². The fraction of sp³-hybridized carbons (Fsp3) is 0.538. The smallest absolute Gasteiger partial charge is 0.272 e. The van der Waals surface area contributed by atoms with Gasteiger partial charge in [0.1, 0.15) is 0 Å². The molecule has 0 radical (unpaired) electrons. The second-order valence-corrected chi connectivity index (χ2v) is 6.58. The Morgan fingerprint density at radius 3 is 2.15 bits per heavy atom. The van der Waals surface area contributed by atoms with E-state index in [0.717, 1.165) is 12.8 Å². The van der Waals surface area contributed by atoms with E-state index >= 15 is 0 Å². The summed E-state index contributed by atoms with van der Waals surface area (Å²) in [5.74, 6) is 0. The molecule has 0 aliphatic heterocycles. The van der Waals surface area contributed by atoms with Crippen LogP contribution in [0.15, 0.2) is 12.1 Å². The minimum atomic E-state index is -0.508. The highest BCUT2D eigenvalue weighted by Gasteiger charge is 2.25. The molecule has 0 aromatic heterocycles. The van der Waals surface area contributed by atoms with Crippen molar-refractivity contribution >= 4 is 46.3 Å². The van der Waals surface area contributed by atoms with Gasteiger partial charge >= 0.3 is 0 Å². The second kappa shape index (κ2) is 7.38. The van der Waals surface area contributed by atoms with Crippen molar-refractivity contribution in [3.63, 3.8) is 0 Å². The van der Waals surface area contributed by atoms with Gasteiger partial charge in [-0.05, 0) is 19.1 Å². The summed E-state index contributed by atoms with van der Waals surface area (Å²) >= 11 is 14.0. The molecule has 0 amide bonds. The number of non-ortho nitro benzene ring substituents is 1. The molecule has 0 aliphatic rings. The van der Waals surface area contributed by atoms with Gasteiger partial charge in [0, 0.05) is 23.4 Å². The maximum absolute atomic E-state index is 10.7. The van der Waals surface area contributed by atoms with Crippen LogP contribution in [0.4, 0.5) is 11.4 Å². The average Bonchev–Trinajstić information content (AvgIpc) is 2.42. The third-order valence-electron chi connectivity index (χ3n) is 3.55. The van der Waals surface area contributed by atoms with Gasteiger partial charge in [0.15, 0.2) is 0 Å². The van der Waals surface area contributed by atoms with Crippen LogP contribution < -0.4 is 5.32 Å². The highest BCUT2D eigenvalue weighted by molar-refractivity contribution is 8.00. The molecule has 0 atom stereocenters. The highest BCUT2D eigenvalue weighted by atomic mass is 35.5. The zero-order chi connectivity index (χ0) is 15.3. The lowest BCUT2D eigenvalue weighted by Crippen LogP contribution is -2.32. The summed E-state index contributed by atoms with van der Waals surface area (Å²) < 4.78 is 0.106. The molecule has 1 rings (SSSR count). The number of nitro groups is 1. The van der Waals surface area contributed by atoms with Gasteiger partial charge in [-0.15, -0.1) is 0 Å². The Labute approximate surface area is 133 Å². The number of nitrogens with zero attached hydrogens (tertiary/aromatic N) is 1. The molecule has 4 nitrogen and oxygen atoms in total. The molecule has 0 saturated carbocycles. The van der Waals surface area contributed by atoms with E-state index < -0.39 is 4.92 Å². The number of hydrogen-bond donors (Lipinski definition) is 1. The summed E-state index contributed by atoms with van der Waals surface area (Å²) in [5.41, 5.74) is 0.451. The van der Waals surface area contributed by atoms with E-state index in [9.17, 15) is 10.1 Å². The summed E-state index contributed by atoms with van der Waals surface area (Å²) in [6, 6.07) is 2.63. The SMILES string of the molecule is CCC(CC)(CNc1c(Cl)cc([N+](=O)[O-])cc1Cl)SC. The van der Waals surface area contributed by atoms with Crippen LogP contribution in [-0.2, 0) is 0 Å². The summed E-state index contributed by atoms with van der Waals surface area (Å²) in [7, 11) is 0. The fourth-order valence-corrected chi connectivity index (χ4v) is 3.35. The van der Waals surface area contributed by atoms with E-state index in [2.05, 4.69) is 25.4 Å². The number of hydrogen-bond acceptors (Lipinski definition) is 4. The van der Waals surface area contributed by atoms with Crippen LogP contribution in [0.5, 0.6) is 0 Å². The standard InChI is InChI=1S/C13H18Cl2N2O2S/c1-4-13(5-2,20-3)8-16-12-10(14)6-9(17(18)19)7-11(12)15/h6-7,16H,4-5,8H2,1-3H3. The summed E-state index contributed by atoms with van der Waals surface area (Å²) in [5, 5.41) is 14.5. The van der Waals surface area contributed by atoms with Crippen LogP contribution in [-0.4, -0.2) is 22.5 Å². The molecule has 0 aliphatic carbocycles. The van der Waals surface area contributed by atoms with Gasteiger partial charge in [-0.25, -0.2) is 0 Å². The van der Waals surface area contributed by atoms with E-state index in [1.807, 2.05) is 0 Å². The van der Waals surface area contributed by atoms with Crippen LogP contribution in [0.1, 0.15) is 26.7 Å². The number of anilines is 1. The predicted octanol–water partition coefficient (Wildman–Crippen LogP) is 5.24. The molecule has 0 bridgehead atoms. The number of halogens is 2. The van der Waals surface area contributed by atoms with E-state index in [1.54, 1.807) is 11.8 Å². The maximum Gasteiger partial charge on any atom is 0.272 e. The predicted molar refractivity (Wildman–Crippen MR) is 88.4 cm³/mol. The van der Waals surface area contributed by atoms with Crippen molar-refractivity contribution in [3.8, 4) is 0 Å². The number of thioether (sulfide) groups is 1. The van der Waals surface area contributed by atoms with Gasteiger partial charge in [0.25, 0.3) is 5.69 Å². The highest BCUT2D eigenvalue weighted by Crippen LogP contribution is 2.37. The summed E-state index contributed by atoms with van der Waals surface area (Å²) in [6.07, 6.45) is 4.10. The van der Waals surface area contributed by atoms with Gasteiger partial charge in [0.05, 0.1) is 20.7 Å². The van der Waals surface area contributed by atoms with Gasteiger partial charge in [-0.1, -0.05) is 37.0 Å². The lowest BCUT2D eigenvalue weighted by atomic mass is 10.0. The molecule has 20 heavy (non-hydrogen) atoms. The first-order valence-electron chi connectivity index (χ1n) is 6.31. The molecular formula is C13H18Cl2N2O2S. The Bertz CT molecular complexity index is 462. The van der Waals surface area contributed by atoms with Crippen molar-refractivity contribution in [2.75, 3.05) is 18.1 Å². The molecule has 0 unspecified atom stereocenters. The van der Waals surface area contributed by atoms with Crippen molar-refractivity contribution < 1.29 is 4.92 Å². The Morgan fingerprint density at radius 2 is 1.80 bits per heavy atom. The van der Waals surface area contributed by atoms with Gasteiger partial charge in [-0.3, -0.25) is 10.1 Å². The van der Waals surface area contributed by atoms with Gasteiger partial charge in [-0.2, -0.15) is 11.8 Å². The lowest BCUT2D eigenvalue weighted by molar-refractivity contribution is -0.384. The maximum atomic E-state index is 10.7. The summed E-state index contributed by atoms with van der Waals surface area (Å²) in [4.78, 5) is 10.2. The van der Waals surface area contributed by atoms with Crippen LogP contribution in [0.25, 0.3) is 0 Å². The third-order valence-corrected chi connectivity index (χ3v) is 5.73. The largest absolute Gasteiger partial charge is 0.381 e. The number of rotatable bonds is 7. The Balaban J connectivity index is 2.96. The molecule has 112 valence electrons. The first kappa shape index (κ1) is 17.4. The molecule has 0 spiro atoms. The van der Waals surface area contributed by atoms with E-state index in [-0.39, 0.29) is 20.5 Å². The Morgan fingerprint density at radius 1 is 1.30 bits per heavy atom. The van der Waals surface area contributed by atoms with Crippen LogP contribution in [0.2, 0.25) is 10.0 Å². The Hall–Kier alpha value is -0.650. The van der Waals surface area contributed by atoms with Crippen molar-refractivity contribution in [2.24, 2.45) is 0 Å². The molecule has 1 aromatic carbocycles. The molecule has 0 saturated heterocycles. The van der Waals surface area contributed by atoms with E-state index in [4.69, 9.17) is 23.2 Å². The first-order chi connectivity index (χ1) is 9.39. The Kier molecular flexibility index (Phi) is 6.43. The van der Waals surface area contributed by atoms with Crippen molar-refractivity contribution in [2.45, 2.75) is 31.4 Å². The zero-order valence-corrected chi connectivity index (χ0v) is 14.0. The number of nitrogens with one attached hydrogen (secondary N) is 1. The third kappa shape index (κ3) is 3.93. The van der Waals surface area contributed by atoms with Gasteiger partial charge in [0.2, 0.25) is 0 Å².